The predicted molar refractivity (Wildman–Crippen MR) is 98.3 cm³/mol. The minimum absolute atomic E-state index is 0.0944. The smallest absolute Gasteiger partial charge is 0.262 e. The van der Waals surface area contributed by atoms with Gasteiger partial charge in [-0.25, -0.2) is 0 Å². The molecule has 0 saturated carbocycles. The molecule has 136 valence electrons. The lowest BCUT2D eigenvalue weighted by Crippen LogP contribution is -2.31. The van der Waals surface area contributed by atoms with Crippen molar-refractivity contribution in [1.29, 1.82) is 0 Å². The maximum atomic E-state index is 12.2. The SMILES string of the molecule is O=C(COc1ccccc1)Nc1cccc(C(=O)NC[C@@H]2CCCO2)c1. The third-order valence-corrected chi connectivity index (χ3v) is 4.04. The van der Waals surface area contributed by atoms with E-state index in [-0.39, 0.29) is 24.5 Å². The van der Waals surface area contributed by atoms with Gasteiger partial charge in [0.1, 0.15) is 5.75 Å². The van der Waals surface area contributed by atoms with Crippen molar-refractivity contribution in [2.24, 2.45) is 0 Å². The number of benzene rings is 2. The number of rotatable bonds is 7. The van der Waals surface area contributed by atoms with Gasteiger partial charge in [-0.15, -0.1) is 0 Å². The van der Waals surface area contributed by atoms with Crippen LogP contribution in [0.5, 0.6) is 5.75 Å². The monoisotopic (exact) mass is 354 g/mol. The molecule has 1 fully saturated rings. The first-order chi connectivity index (χ1) is 12.7. The molecule has 1 aliphatic heterocycles. The second kappa shape index (κ2) is 9.01. The average Bonchev–Trinajstić information content (AvgIpc) is 3.19. The van der Waals surface area contributed by atoms with E-state index in [0.717, 1.165) is 19.4 Å². The molecule has 6 heteroatoms. The summed E-state index contributed by atoms with van der Waals surface area (Å²) in [4.78, 5) is 24.3. The minimum atomic E-state index is -0.286. The van der Waals surface area contributed by atoms with E-state index in [9.17, 15) is 9.59 Å². The highest BCUT2D eigenvalue weighted by Crippen LogP contribution is 2.13. The number of anilines is 1. The van der Waals surface area contributed by atoms with Gasteiger partial charge < -0.3 is 20.1 Å². The maximum absolute atomic E-state index is 12.2. The Kier molecular flexibility index (Phi) is 6.22. The molecular formula is C20H22N2O4. The van der Waals surface area contributed by atoms with E-state index in [0.29, 0.717) is 23.5 Å². The van der Waals surface area contributed by atoms with Crippen molar-refractivity contribution < 1.29 is 19.1 Å². The first-order valence-electron chi connectivity index (χ1n) is 8.68. The molecule has 2 aromatic carbocycles. The summed E-state index contributed by atoms with van der Waals surface area (Å²) in [7, 11) is 0. The van der Waals surface area contributed by atoms with Crippen LogP contribution in [0.1, 0.15) is 23.2 Å². The normalized spacial score (nSPS) is 16.1. The van der Waals surface area contributed by atoms with Gasteiger partial charge in [-0.3, -0.25) is 9.59 Å². The zero-order valence-corrected chi connectivity index (χ0v) is 14.4. The number of para-hydroxylation sites is 1. The summed E-state index contributed by atoms with van der Waals surface area (Å²) < 4.78 is 10.9. The summed E-state index contributed by atoms with van der Waals surface area (Å²) in [5.74, 6) is 0.160. The number of carbonyl (C=O) groups is 2. The van der Waals surface area contributed by atoms with Crippen LogP contribution < -0.4 is 15.4 Å². The number of amides is 2. The summed E-state index contributed by atoms with van der Waals surface area (Å²) in [6, 6.07) is 15.9. The van der Waals surface area contributed by atoms with E-state index in [1.807, 2.05) is 18.2 Å². The van der Waals surface area contributed by atoms with Crippen LogP contribution in [0.3, 0.4) is 0 Å². The lowest BCUT2D eigenvalue weighted by atomic mass is 10.1. The molecule has 1 aliphatic rings. The van der Waals surface area contributed by atoms with Crippen LogP contribution in [-0.4, -0.2) is 37.7 Å². The molecule has 0 unspecified atom stereocenters. The summed E-state index contributed by atoms with van der Waals surface area (Å²) in [6.45, 7) is 1.16. The van der Waals surface area contributed by atoms with E-state index in [1.54, 1.807) is 36.4 Å². The van der Waals surface area contributed by atoms with Gasteiger partial charge in [0.15, 0.2) is 6.61 Å². The Bertz CT molecular complexity index is 742. The molecule has 0 radical (unpaired) electrons. The van der Waals surface area contributed by atoms with Gasteiger partial charge in [-0.05, 0) is 43.2 Å². The first kappa shape index (κ1) is 17.9. The highest BCUT2D eigenvalue weighted by atomic mass is 16.5. The molecule has 1 heterocycles. The van der Waals surface area contributed by atoms with E-state index in [4.69, 9.17) is 9.47 Å². The Hall–Kier alpha value is -2.86. The molecule has 1 atom stereocenters. The highest BCUT2D eigenvalue weighted by Gasteiger charge is 2.16. The van der Waals surface area contributed by atoms with Gasteiger partial charge in [0.05, 0.1) is 6.10 Å². The van der Waals surface area contributed by atoms with E-state index < -0.39 is 0 Å². The zero-order chi connectivity index (χ0) is 18.2. The Morgan fingerprint density at radius 3 is 2.73 bits per heavy atom. The summed E-state index contributed by atoms with van der Waals surface area (Å²) >= 11 is 0. The molecule has 2 amide bonds. The fraction of sp³-hybridized carbons (Fsp3) is 0.300. The largest absolute Gasteiger partial charge is 0.484 e. The third kappa shape index (κ3) is 5.32. The lowest BCUT2D eigenvalue weighted by molar-refractivity contribution is -0.118. The summed E-state index contributed by atoms with van der Waals surface area (Å²) in [6.07, 6.45) is 2.10. The van der Waals surface area contributed by atoms with E-state index in [2.05, 4.69) is 10.6 Å². The van der Waals surface area contributed by atoms with Crippen LogP contribution in [0.4, 0.5) is 5.69 Å². The van der Waals surface area contributed by atoms with Gasteiger partial charge >= 0.3 is 0 Å². The van der Waals surface area contributed by atoms with Crippen molar-refractivity contribution in [1.82, 2.24) is 5.32 Å². The molecule has 26 heavy (non-hydrogen) atoms. The molecule has 3 rings (SSSR count). The van der Waals surface area contributed by atoms with Crippen molar-refractivity contribution in [2.45, 2.75) is 18.9 Å². The quantitative estimate of drug-likeness (QED) is 0.801. The summed E-state index contributed by atoms with van der Waals surface area (Å²) in [5.41, 5.74) is 1.04. The Balaban J connectivity index is 1.49. The number of ether oxygens (including phenoxy) is 2. The van der Waals surface area contributed by atoms with Crippen LogP contribution in [0.25, 0.3) is 0 Å². The Labute approximate surface area is 152 Å². The van der Waals surface area contributed by atoms with Gasteiger partial charge in [0.25, 0.3) is 11.8 Å². The fourth-order valence-corrected chi connectivity index (χ4v) is 2.71. The zero-order valence-electron chi connectivity index (χ0n) is 14.4. The van der Waals surface area contributed by atoms with E-state index >= 15 is 0 Å². The molecule has 0 aliphatic carbocycles. The average molecular weight is 354 g/mol. The molecule has 0 aromatic heterocycles. The fourth-order valence-electron chi connectivity index (χ4n) is 2.71. The molecule has 6 nitrogen and oxygen atoms in total. The lowest BCUT2D eigenvalue weighted by Gasteiger charge is -2.12. The number of hydrogen-bond donors (Lipinski definition) is 2. The van der Waals surface area contributed by atoms with Gasteiger partial charge in [-0.1, -0.05) is 24.3 Å². The second-order valence-electron chi connectivity index (χ2n) is 6.08. The predicted octanol–water partition coefficient (Wildman–Crippen LogP) is 2.61. The number of nitrogens with one attached hydrogen (secondary N) is 2. The molecule has 2 aromatic rings. The van der Waals surface area contributed by atoms with Crippen molar-refractivity contribution in [3.63, 3.8) is 0 Å². The van der Waals surface area contributed by atoms with Crippen LogP contribution in [-0.2, 0) is 9.53 Å². The number of hydrogen-bond acceptors (Lipinski definition) is 4. The standard InChI is InChI=1S/C20H22N2O4/c23-19(14-26-17-8-2-1-3-9-17)22-16-7-4-6-15(12-16)20(24)21-13-18-10-5-11-25-18/h1-4,6-9,12,18H,5,10-11,13-14H2,(H,21,24)(H,22,23)/t18-/m0/s1. The van der Waals surface area contributed by atoms with Crippen molar-refractivity contribution in [2.75, 3.05) is 25.1 Å². The first-order valence-corrected chi connectivity index (χ1v) is 8.68. The van der Waals surface area contributed by atoms with Crippen LogP contribution in [0.2, 0.25) is 0 Å². The second-order valence-corrected chi connectivity index (χ2v) is 6.08. The molecule has 2 N–H and O–H groups in total. The van der Waals surface area contributed by atoms with Crippen LogP contribution in [0, 0.1) is 0 Å². The van der Waals surface area contributed by atoms with Gasteiger partial charge in [-0.2, -0.15) is 0 Å². The van der Waals surface area contributed by atoms with Gasteiger partial charge in [0, 0.05) is 24.4 Å². The Morgan fingerprint density at radius 1 is 1.12 bits per heavy atom. The summed E-state index contributed by atoms with van der Waals surface area (Å²) in [5, 5.41) is 5.60. The minimum Gasteiger partial charge on any atom is -0.484 e. The number of carbonyl (C=O) groups excluding carboxylic acids is 2. The maximum Gasteiger partial charge on any atom is 0.262 e. The van der Waals surface area contributed by atoms with Crippen molar-refractivity contribution >= 4 is 17.5 Å². The highest BCUT2D eigenvalue weighted by molar-refractivity contribution is 5.97. The molecular weight excluding hydrogens is 332 g/mol. The van der Waals surface area contributed by atoms with Gasteiger partial charge in [0.2, 0.25) is 0 Å². The topological polar surface area (TPSA) is 76.7 Å². The van der Waals surface area contributed by atoms with Crippen LogP contribution in [0.15, 0.2) is 54.6 Å². The molecule has 0 spiro atoms. The van der Waals surface area contributed by atoms with Crippen LogP contribution >= 0.6 is 0 Å². The van der Waals surface area contributed by atoms with E-state index in [1.165, 1.54) is 0 Å². The Morgan fingerprint density at radius 2 is 1.96 bits per heavy atom. The van der Waals surface area contributed by atoms with Crippen molar-refractivity contribution in [3.05, 3.63) is 60.2 Å². The van der Waals surface area contributed by atoms with Crippen molar-refractivity contribution in [3.8, 4) is 5.75 Å². The molecule has 1 saturated heterocycles. The molecule has 0 bridgehead atoms. The third-order valence-electron chi connectivity index (χ3n) is 4.04.